The lowest BCUT2D eigenvalue weighted by Crippen LogP contribution is -2.42. The number of piperidine rings is 1. The van der Waals surface area contributed by atoms with Crippen molar-refractivity contribution in [3.8, 4) is 0 Å². The highest BCUT2D eigenvalue weighted by atomic mass is 15.2. The largest absolute Gasteiger partial charge is 0.371 e. The number of hydrogen-bond acceptors (Lipinski definition) is 4. The van der Waals surface area contributed by atoms with Gasteiger partial charge in [0.15, 0.2) is 0 Å². The zero-order valence-electron chi connectivity index (χ0n) is 10.8. The molecule has 17 heavy (non-hydrogen) atoms. The lowest BCUT2D eigenvalue weighted by Gasteiger charge is -2.36. The van der Waals surface area contributed by atoms with Gasteiger partial charge in [-0.2, -0.15) is 0 Å². The third-order valence-corrected chi connectivity index (χ3v) is 3.65. The Morgan fingerprint density at radius 3 is 2.82 bits per heavy atom. The summed E-state index contributed by atoms with van der Waals surface area (Å²) in [6, 6.07) is 4.80. The van der Waals surface area contributed by atoms with Crippen LogP contribution < -0.4 is 10.6 Å². The zero-order chi connectivity index (χ0) is 12.3. The van der Waals surface area contributed by atoms with E-state index in [4.69, 9.17) is 5.73 Å². The number of aromatic nitrogens is 1. The van der Waals surface area contributed by atoms with Gasteiger partial charge in [0, 0.05) is 31.5 Å². The molecule has 4 heteroatoms. The van der Waals surface area contributed by atoms with Crippen LogP contribution in [0.25, 0.3) is 0 Å². The van der Waals surface area contributed by atoms with Crippen LogP contribution in [0.5, 0.6) is 0 Å². The molecule has 0 atom stereocenters. The highest BCUT2D eigenvalue weighted by molar-refractivity contribution is 5.46. The van der Waals surface area contributed by atoms with Crippen LogP contribution in [-0.4, -0.2) is 43.1 Å². The summed E-state index contributed by atoms with van der Waals surface area (Å²) >= 11 is 0. The fourth-order valence-electron chi connectivity index (χ4n) is 2.39. The topological polar surface area (TPSA) is 45.4 Å². The smallest absolute Gasteiger partial charge is 0.0560 e. The van der Waals surface area contributed by atoms with E-state index in [0.29, 0.717) is 12.6 Å². The van der Waals surface area contributed by atoms with Crippen LogP contribution in [-0.2, 0) is 6.54 Å². The van der Waals surface area contributed by atoms with E-state index in [1.54, 1.807) is 0 Å². The maximum absolute atomic E-state index is 5.63. The first-order chi connectivity index (χ1) is 8.20. The summed E-state index contributed by atoms with van der Waals surface area (Å²) in [5.41, 5.74) is 7.82. The molecule has 94 valence electrons. The van der Waals surface area contributed by atoms with Gasteiger partial charge in [-0.25, -0.2) is 0 Å². The van der Waals surface area contributed by atoms with Crippen molar-refractivity contribution in [1.29, 1.82) is 0 Å². The molecule has 1 aliphatic heterocycles. The van der Waals surface area contributed by atoms with Gasteiger partial charge in [-0.3, -0.25) is 4.98 Å². The second kappa shape index (κ2) is 5.47. The van der Waals surface area contributed by atoms with Crippen LogP contribution in [0.4, 0.5) is 5.69 Å². The van der Waals surface area contributed by atoms with E-state index < -0.39 is 0 Å². The monoisotopic (exact) mass is 234 g/mol. The lowest BCUT2D eigenvalue weighted by atomic mass is 10.0. The first-order valence-electron chi connectivity index (χ1n) is 6.27. The van der Waals surface area contributed by atoms with E-state index in [9.17, 15) is 0 Å². The molecule has 1 aromatic rings. The molecule has 2 rings (SSSR count). The molecule has 0 spiro atoms. The SMILES string of the molecule is CN1CCC(N(C)c2ccnc(CN)c2)CC1. The predicted molar refractivity (Wildman–Crippen MR) is 71.1 cm³/mol. The number of pyridine rings is 1. The summed E-state index contributed by atoms with van der Waals surface area (Å²) in [7, 11) is 4.36. The molecule has 1 aliphatic rings. The lowest BCUT2D eigenvalue weighted by molar-refractivity contribution is 0.253. The number of likely N-dealkylation sites (tertiary alicyclic amines) is 1. The number of rotatable bonds is 3. The Morgan fingerprint density at radius 2 is 2.18 bits per heavy atom. The molecule has 0 unspecified atom stereocenters. The summed E-state index contributed by atoms with van der Waals surface area (Å²) in [4.78, 5) is 9.00. The molecule has 2 N–H and O–H groups in total. The molecule has 0 radical (unpaired) electrons. The number of hydrogen-bond donors (Lipinski definition) is 1. The van der Waals surface area contributed by atoms with Gasteiger partial charge in [0.25, 0.3) is 0 Å². The number of nitrogens with two attached hydrogens (primary N) is 1. The Bertz CT molecular complexity index is 358. The van der Waals surface area contributed by atoms with E-state index in [1.165, 1.54) is 31.6 Å². The van der Waals surface area contributed by atoms with Gasteiger partial charge >= 0.3 is 0 Å². The summed E-state index contributed by atoms with van der Waals surface area (Å²) in [6.07, 6.45) is 4.31. The second-order valence-electron chi connectivity index (χ2n) is 4.85. The first kappa shape index (κ1) is 12.3. The fourth-order valence-corrected chi connectivity index (χ4v) is 2.39. The minimum atomic E-state index is 0.509. The third kappa shape index (κ3) is 2.96. The Balaban J connectivity index is 2.05. The van der Waals surface area contributed by atoms with Crippen LogP contribution in [0.1, 0.15) is 18.5 Å². The highest BCUT2D eigenvalue weighted by Gasteiger charge is 2.20. The molecule has 4 nitrogen and oxygen atoms in total. The van der Waals surface area contributed by atoms with Crippen molar-refractivity contribution in [3.05, 3.63) is 24.0 Å². The second-order valence-corrected chi connectivity index (χ2v) is 4.85. The van der Waals surface area contributed by atoms with Crippen molar-refractivity contribution in [2.75, 3.05) is 32.1 Å². The molecule has 1 aromatic heterocycles. The fraction of sp³-hybridized carbons (Fsp3) is 0.615. The normalized spacial score (nSPS) is 18.3. The summed E-state index contributed by atoms with van der Waals surface area (Å²) in [5, 5.41) is 0. The molecular weight excluding hydrogens is 212 g/mol. The third-order valence-electron chi connectivity index (χ3n) is 3.65. The molecule has 0 aromatic carbocycles. The molecule has 2 heterocycles. The van der Waals surface area contributed by atoms with Crippen LogP contribution >= 0.6 is 0 Å². The van der Waals surface area contributed by atoms with Gasteiger partial charge in [0.1, 0.15) is 0 Å². The van der Waals surface area contributed by atoms with Crippen molar-refractivity contribution in [3.63, 3.8) is 0 Å². The Labute approximate surface area is 103 Å². The van der Waals surface area contributed by atoms with Gasteiger partial charge < -0.3 is 15.5 Å². The number of anilines is 1. The van der Waals surface area contributed by atoms with Gasteiger partial charge in [-0.1, -0.05) is 0 Å². The van der Waals surface area contributed by atoms with Crippen molar-refractivity contribution >= 4 is 5.69 Å². The van der Waals surface area contributed by atoms with Crippen molar-refractivity contribution < 1.29 is 0 Å². The van der Waals surface area contributed by atoms with Crippen molar-refractivity contribution in [2.45, 2.75) is 25.4 Å². The van der Waals surface area contributed by atoms with Crippen molar-refractivity contribution in [2.24, 2.45) is 5.73 Å². The van der Waals surface area contributed by atoms with Crippen LogP contribution in [0.15, 0.2) is 18.3 Å². The highest BCUT2D eigenvalue weighted by Crippen LogP contribution is 2.21. The number of nitrogens with zero attached hydrogens (tertiary/aromatic N) is 3. The standard InChI is InChI=1S/C13H22N4/c1-16-7-4-12(5-8-16)17(2)13-3-6-15-11(9-13)10-14/h3,6,9,12H,4-5,7-8,10,14H2,1-2H3. The van der Waals surface area contributed by atoms with Crippen LogP contribution in [0.2, 0.25) is 0 Å². The van der Waals surface area contributed by atoms with Gasteiger partial charge in [0.05, 0.1) is 5.69 Å². The summed E-state index contributed by atoms with van der Waals surface area (Å²) in [6.45, 7) is 2.88. The molecule has 1 saturated heterocycles. The van der Waals surface area contributed by atoms with Crippen LogP contribution in [0.3, 0.4) is 0 Å². The van der Waals surface area contributed by atoms with E-state index in [0.717, 1.165) is 5.69 Å². The predicted octanol–water partition coefficient (Wildman–Crippen LogP) is 1.07. The van der Waals surface area contributed by atoms with Crippen molar-refractivity contribution in [1.82, 2.24) is 9.88 Å². The van der Waals surface area contributed by atoms with Crippen LogP contribution in [0, 0.1) is 0 Å². The molecule has 0 aliphatic carbocycles. The maximum Gasteiger partial charge on any atom is 0.0560 e. The van der Waals surface area contributed by atoms with Gasteiger partial charge in [-0.15, -0.1) is 0 Å². The average molecular weight is 234 g/mol. The van der Waals surface area contributed by atoms with E-state index in [1.807, 2.05) is 6.20 Å². The average Bonchev–Trinajstić information content (AvgIpc) is 2.39. The minimum Gasteiger partial charge on any atom is -0.371 e. The maximum atomic E-state index is 5.63. The quantitative estimate of drug-likeness (QED) is 0.850. The summed E-state index contributed by atoms with van der Waals surface area (Å²) < 4.78 is 0. The van der Waals surface area contributed by atoms with E-state index in [-0.39, 0.29) is 0 Å². The molecule has 1 fully saturated rings. The molecule has 0 saturated carbocycles. The van der Waals surface area contributed by atoms with Gasteiger partial charge in [-0.05, 0) is 45.1 Å². The summed E-state index contributed by atoms with van der Waals surface area (Å²) in [5.74, 6) is 0. The Hall–Kier alpha value is -1.13. The zero-order valence-corrected chi connectivity index (χ0v) is 10.8. The van der Waals surface area contributed by atoms with E-state index >= 15 is 0 Å². The Kier molecular flexibility index (Phi) is 3.97. The first-order valence-corrected chi connectivity index (χ1v) is 6.27. The van der Waals surface area contributed by atoms with Gasteiger partial charge in [0.2, 0.25) is 0 Å². The molecule has 0 amide bonds. The molecule has 0 bridgehead atoms. The van der Waals surface area contributed by atoms with E-state index in [2.05, 4.69) is 41.0 Å². The molecular formula is C13H22N4. The Morgan fingerprint density at radius 1 is 1.47 bits per heavy atom. The minimum absolute atomic E-state index is 0.509.